The summed E-state index contributed by atoms with van der Waals surface area (Å²) in [6, 6.07) is 17.9. The lowest BCUT2D eigenvalue weighted by Crippen LogP contribution is -2.27. The predicted molar refractivity (Wildman–Crippen MR) is 108 cm³/mol. The molecule has 4 heteroatoms. The Bertz CT molecular complexity index is 919. The Morgan fingerprint density at radius 2 is 1.67 bits per heavy atom. The minimum absolute atomic E-state index is 0.0706. The van der Waals surface area contributed by atoms with Crippen molar-refractivity contribution < 1.29 is 9.32 Å². The summed E-state index contributed by atoms with van der Waals surface area (Å²) in [6.45, 7) is 10.3. The summed E-state index contributed by atoms with van der Waals surface area (Å²) in [5.41, 5.74) is 4.27. The SMILES string of the molecule is Cc1noc(-c2ccc(C(C)(C)C)cc2)c1C(=O)N[C@@H](C)c1ccccc1. The molecule has 140 valence electrons. The van der Waals surface area contributed by atoms with Crippen molar-refractivity contribution in [3.05, 3.63) is 77.0 Å². The van der Waals surface area contributed by atoms with Gasteiger partial charge in [0.25, 0.3) is 5.91 Å². The number of hydrogen-bond donors (Lipinski definition) is 1. The molecule has 0 spiro atoms. The van der Waals surface area contributed by atoms with Gasteiger partial charge in [0.05, 0.1) is 11.7 Å². The number of aromatic nitrogens is 1. The van der Waals surface area contributed by atoms with Crippen molar-refractivity contribution in [3.63, 3.8) is 0 Å². The van der Waals surface area contributed by atoms with Crippen molar-refractivity contribution in [1.82, 2.24) is 10.5 Å². The lowest BCUT2D eigenvalue weighted by molar-refractivity contribution is 0.0939. The fraction of sp³-hybridized carbons (Fsp3) is 0.304. The highest BCUT2D eigenvalue weighted by Crippen LogP contribution is 2.30. The molecule has 1 N–H and O–H groups in total. The maximum absolute atomic E-state index is 12.9. The lowest BCUT2D eigenvalue weighted by Gasteiger charge is -2.19. The van der Waals surface area contributed by atoms with E-state index in [1.807, 2.05) is 49.4 Å². The second-order valence-corrected chi connectivity index (χ2v) is 7.91. The van der Waals surface area contributed by atoms with Gasteiger partial charge in [0, 0.05) is 5.56 Å². The Hall–Kier alpha value is -2.88. The van der Waals surface area contributed by atoms with Crippen LogP contribution >= 0.6 is 0 Å². The number of carbonyl (C=O) groups excluding carboxylic acids is 1. The van der Waals surface area contributed by atoms with Crippen molar-refractivity contribution in [2.24, 2.45) is 0 Å². The molecule has 0 saturated carbocycles. The molecule has 1 heterocycles. The zero-order chi connectivity index (χ0) is 19.6. The van der Waals surface area contributed by atoms with E-state index in [4.69, 9.17) is 4.52 Å². The minimum atomic E-state index is -0.181. The van der Waals surface area contributed by atoms with Gasteiger partial charge in [0.1, 0.15) is 5.56 Å². The summed E-state index contributed by atoms with van der Waals surface area (Å²) in [5, 5.41) is 7.08. The van der Waals surface area contributed by atoms with Crippen LogP contribution in [0.2, 0.25) is 0 Å². The van der Waals surface area contributed by atoms with Crippen LogP contribution in [-0.4, -0.2) is 11.1 Å². The molecule has 0 radical (unpaired) electrons. The average molecular weight is 362 g/mol. The van der Waals surface area contributed by atoms with Gasteiger partial charge in [-0.25, -0.2) is 0 Å². The van der Waals surface area contributed by atoms with Crippen LogP contribution in [-0.2, 0) is 5.41 Å². The van der Waals surface area contributed by atoms with Crippen LogP contribution in [0.15, 0.2) is 59.1 Å². The molecule has 3 aromatic rings. The van der Waals surface area contributed by atoms with Gasteiger partial charge >= 0.3 is 0 Å². The molecule has 1 atom stereocenters. The smallest absolute Gasteiger partial charge is 0.257 e. The first-order valence-corrected chi connectivity index (χ1v) is 9.20. The minimum Gasteiger partial charge on any atom is -0.355 e. The number of amides is 1. The van der Waals surface area contributed by atoms with E-state index in [1.54, 1.807) is 6.92 Å². The molecule has 0 aliphatic heterocycles. The standard InChI is InChI=1S/C23H26N2O2/c1-15(17-9-7-6-8-10-17)24-22(26)20-16(2)25-27-21(20)18-11-13-19(14-12-18)23(3,4)5/h6-15H,1-5H3,(H,24,26)/t15-/m0/s1. The highest BCUT2D eigenvalue weighted by molar-refractivity contribution is 6.00. The third kappa shape index (κ3) is 4.11. The van der Waals surface area contributed by atoms with Gasteiger partial charge < -0.3 is 9.84 Å². The van der Waals surface area contributed by atoms with Crippen molar-refractivity contribution in [2.75, 3.05) is 0 Å². The maximum Gasteiger partial charge on any atom is 0.257 e. The molecule has 0 saturated heterocycles. The third-order valence-electron chi connectivity index (χ3n) is 4.75. The first-order valence-electron chi connectivity index (χ1n) is 9.20. The van der Waals surface area contributed by atoms with Crippen LogP contribution < -0.4 is 5.32 Å². The number of nitrogens with zero attached hydrogens (tertiary/aromatic N) is 1. The molecule has 1 aromatic heterocycles. The fourth-order valence-corrected chi connectivity index (χ4v) is 3.05. The molecular formula is C23H26N2O2. The molecule has 1 amide bonds. The number of hydrogen-bond acceptors (Lipinski definition) is 3. The first-order chi connectivity index (χ1) is 12.8. The molecule has 0 bridgehead atoms. The van der Waals surface area contributed by atoms with Crippen LogP contribution in [0.25, 0.3) is 11.3 Å². The van der Waals surface area contributed by atoms with E-state index in [1.165, 1.54) is 5.56 Å². The van der Waals surface area contributed by atoms with Crippen molar-refractivity contribution in [2.45, 2.75) is 46.1 Å². The molecule has 0 aliphatic carbocycles. The molecule has 0 aliphatic rings. The van der Waals surface area contributed by atoms with Gasteiger partial charge in [-0.3, -0.25) is 4.79 Å². The number of benzene rings is 2. The molecule has 0 unspecified atom stereocenters. The second kappa shape index (κ2) is 7.39. The first kappa shape index (κ1) is 18.9. The number of rotatable bonds is 4. The van der Waals surface area contributed by atoms with Crippen molar-refractivity contribution in [1.29, 1.82) is 0 Å². The highest BCUT2D eigenvalue weighted by Gasteiger charge is 2.23. The Kier molecular flexibility index (Phi) is 5.17. The number of nitrogens with one attached hydrogen (secondary N) is 1. The van der Waals surface area contributed by atoms with Crippen LogP contribution in [0.4, 0.5) is 0 Å². The third-order valence-corrected chi connectivity index (χ3v) is 4.75. The van der Waals surface area contributed by atoms with Gasteiger partial charge in [0.15, 0.2) is 5.76 Å². The Morgan fingerprint density at radius 3 is 2.26 bits per heavy atom. The summed E-state index contributed by atoms with van der Waals surface area (Å²) in [7, 11) is 0. The summed E-state index contributed by atoms with van der Waals surface area (Å²) < 4.78 is 5.50. The second-order valence-electron chi connectivity index (χ2n) is 7.91. The summed E-state index contributed by atoms with van der Waals surface area (Å²) in [5.74, 6) is 0.325. The van der Waals surface area contributed by atoms with Crippen molar-refractivity contribution in [3.8, 4) is 11.3 Å². The van der Waals surface area contributed by atoms with Crippen LogP contribution in [0, 0.1) is 6.92 Å². The maximum atomic E-state index is 12.9. The summed E-state index contributed by atoms with van der Waals surface area (Å²) >= 11 is 0. The van der Waals surface area contributed by atoms with E-state index < -0.39 is 0 Å². The van der Waals surface area contributed by atoms with Gasteiger partial charge in [0.2, 0.25) is 0 Å². The van der Waals surface area contributed by atoms with Crippen LogP contribution in [0.3, 0.4) is 0 Å². The largest absolute Gasteiger partial charge is 0.355 e. The van der Waals surface area contributed by atoms with E-state index >= 15 is 0 Å². The van der Waals surface area contributed by atoms with E-state index in [-0.39, 0.29) is 17.4 Å². The van der Waals surface area contributed by atoms with Gasteiger partial charge in [-0.15, -0.1) is 0 Å². The molecular weight excluding hydrogens is 336 g/mol. The summed E-state index contributed by atoms with van der Waals surface area (Å²) in [6.07, 6.45) is 0. The Morgan fingerprint density at radius 1 is 1.04 bits per heavy atom. The molecule has 2 aromatic carbocycles. The normalized spacial score (nSPS) is 12.6. The van der Waals surface area contributed by atoms with Gasteiger partial charge in [-0.1, -0.05) is 80.5 Å². The van der Waals surface area contributed by atoms with Gasteiger partial charge in [-0.05, 0) is 30.4 Å². The van der Waals surface area contributed by atoms with Crippen LogP contribution in [0.1, 0.15) is 60.9 Å². The van der Waals surface area contributed by atoms with Crippen molar-refractivity contribution >= 4 is 5.91 Å². The fourth-order valence-electron chi connectivity index (χ4n) is 3.05. The highest BCUT2D eigenvalue weighted by atomic mass is 16.5. The molecule has 27 heavy (non-hydrogen) atoms. The lowest BCUT2D eigenvalue weighted by atomic mass is 9.86. The molecule has 4 nitrogen and oxygen atoms in total. The topological polar surface area (TPSA) is 55.1 Å². The molecule has 0 fully saturated rings. The van der Waals surface area contributed by atoms with E-state index in [2.05, 4.69) is 43.4 Å². The number of aryl methyl sites for hydroxylation is 1. The Labute approximate surface area is 160 Å². The van der Waals surface area contributed by atoms with E-state index in [0.29, 0.717) is 17.0 Å². The van der Waals surface area contributed by atoms with E-state index in [9.17, 15) is 4.79 Å². The quantitative estimate of drug-likeness (QED) is 0.672. The monoisotopic (exact) mass is 362 g/mol. The predicted octanol–water partition coefficient (Wildman–Crippen LogP) is 5.44. The van der Waals surface area contributed by atoms with Gasteiger partial charge in [-0.2, -0.15) is 0 Å². The molecule has 3 rings (SSSR count). The zero-order valence-electron chi connectivity index (χ0n) is 16.5. The average Bonchev–Trinajstić information content (AvgIpc) is 3.03. The Balaban J connectivity index is 1.87. The van der Waals surface area contributed by atoms with E-state index in [0.717, 1.165) is 11.1 Å². The van der Waals surface area contributed by atoms with Crippen LogP contribution in [0.5, 0.6) is 0 Å². The zero-order valence-corrected chi connectivity index (χ0v) is 16.5. The summed E-state index contributed by atoms with van der Waals surface area (Å²) in [4.78, 5) is 12.9. The number of carbonyl (C=O) groups is 1.